The Kier molecular flexibility index (Phi) is 4.72. The van der Waals surface area contributed by atoms with Crippen LogP contribution in [0.3, 0.4) is 0 Å². The molecule has 2 aromatic carbocycles. The van der Waals surface area contributed by atoms with Crippen LogP contribution in [-0.2, 0) is 0 Å². The minimum Gasteiger partial charge on any atom is -0.304 e. The van der Waals surface area contributed by atoms with E-state index in [0.29, 0.717) is 5.56 Å². The molecule has 19 heavy (non-hydrogen) atoms. The van der Waals surface area contributed by atoms with Gasteiger partial charge in [-0.15, -0.1) is 0 Å². The van der Waals surface area contributed by atoms with Crippen molar-refractivity contribution < 1.29 is 4.39 Å². The Morgan fingerprint density at radius 2 is 1.68 bits per heavy atom. The summed E-state index contributed by atoms with van der Waals surface area (Å²) >= 11 is 3.38. The van der Waals surface area contributed by atoms with Gasteiger partial charge in [-0.25, -0.2) is 4.39 Å². The molecule has 0 aliphatic carbocycles. The predicted molar refractivity (Wildman–Crippen MR) is 80.5 cm³/mol. The van der Waals surface area contributed by atoms with Gasteiger partial charge in [0.15, 0.2) is 0 Å². The summed E-state index contributed by atoms with van der Waals surface area (Å²) in [6.07, 6.45) is 0. The van der Waals surface area contributed by atoms with Gasteiger partial charge in [0.05, 0.1) is 0 Å². The molecule has 1 N–H and O–H groups in total. The van der Waals surface area contributed by atoms with E-state index in [-0.39, 0.29) is 17.9 Å². The highest BCUT2D eigenvalue weighted by Gasteiger charge is 2.14. The molecule has 1 unspecified atom stereocenters. The standard InChI is InChI=1S/C16H17BrFN/c1-11(13-6-4-3-5-7-13)19-12(2)15-10-14(17)8-9-16(15)18/h3-12,19H,1-2H3/t11-,12?/m0/s1. The van der Waals surface area contributed by atoms with Gasteiger partial charge < -0.3 is 5.32 Å². The molecular weight excluding hydrogens is 305 g/mol. The highest BCUT2D eigenvalue weighted by molar-refractivity contribution is 9.10. The van der Waals surface area contributed by atoms with Crippen molar-refractivity contribution in [2.75, 3.05) is 0 Å². The van der Waals surface area contributed by atoms with Crippen LogP contribution < -0.4 is 5.32 Å². The molecule has 0 aliphatic heterocycles. The molecule has 0 aromatic heterocycles. The van der Waals surface area contributed by atoms with Crippen LogP contribution in [0.4, 0.5) is 4.39 Å². The van der Waals surface area contributed by atoms with Crippen molar-refractivity contribution in [1.82, 2.24) is 5.32 Å². The van der Waals surface area contributed by atoms with Crippen LogP contribution in [0.5, 0.6) is 0 Å². The zero-order valence-corrected chi connectivity index (χ0v) is 12.6. The summed E-state index contributed by atoms with van der Waals surface area (Å²) in [6.45, 7) is 4.06. The summed E-state index contributed by atoms with van der Waals surface area (Å²) in [4.78, 5) is 0. The van der Waals surface area contributed by atoms with Crippen molar-refractivity contribution >= 4 is 15.9 Å². The van der Waals surface area contributed by atoms with Gasteiger partial charge >= 0.3 is 0 Å². The Balaban J connectivity index is 2.13. The normalized spacial score (nSPS) is 14.1. The lowest BCUT2D eigenvalue weighted by atomic mass is 10.0. The molecule has 0 aliphatic rings. The smallest absolute Gasteiger partial charge is 0.128 e. The van der Waals surface area contributed by atoms with Gasteiger partial charge in [-0.05, 0) is 37.6 Å². The topological polar surface area (TPSA) is 12.0 Å². The van der Waals surface area contributed by atoms with Crippen molar-refractivity contribution in [2.45, 2.75) is 25.9 Å². The molecule has 0 radical (unpaired) electrons. The first-order valence-electron chi connectivity index (χ1n) is 6.34. The molecule has 0 heterocycles. The van der Waals surface area contributed by atoms with E-state index in [1.54, 1.807) is 6.07 Å². The average molecular weight is 322 g/mol. The third-order valence-electron chi connectivity index (χ3n) is 3.22. The summed E-state index contributed by atoms with van der Waals surface area (Å²) in [7, 11) is 0. The summed E-state index contributed by atoms with van der Waals surface area (Å²) in [5.41, 5.74) is 1.88. The average Bonchev–Trinajstić information content (AvgIpc) is 2.42. The number of rotatable bonds is 4. The Morgan fingerprint density at radius 1 is 1.00 bits per heavy atom. The maximum absolute atomic E-state index is 13.8. The molecule has 2 atom stereocenters. The van der Waals surface area contributed by atoms with E-state index >= 15 is 0 Å². The summed E-state index contributed by atoms with van der Waals surface area (Å²) < 4.78 is 14.7. The van der Waals surface area contributed by atoms with Crippen molar-refractivity contribution in [3.63, 3.8) is 0 Å². The molecule has 0 spiro atoms. The highest BCUT2D eigenvalue weighted by Crippen LogP contribution is 2.24. The first kappa shape index (κ1) is 14.2. The van der Waals surface area contributed by atoms with Crippen LogP contribution in [0.1, 0.15) is 37.1 Å². The monoisotopic (exact) mass is 321 g/mol. The van der Waals surface area contributed by atoms with Crippen LogP contribution in [0.15, 0.2) is 53.0 Å². The molecule has 2 aromatic rings. The predicted octanol–water partition coefficient (Wildman–Crippen LogP) is 5.00. The third kappa shape index (κ3) is 3.64. The first-order valence-corrected chi connectivity index (χ1v) is 7.13. The lowest BCUT2D eigenvalue weighted by Gasteiger charge is -2.21. The quantitative estimate of drug-likeness (QED) is 0.835. The molecule has 2 rings (SSSR count). The second-order valence-electron chi connectivity index (χ2n) is 4.69. The Labute approximate surface area is 122 Å². The zero-order valence-electron chi connectivity index (χ0n) is 11.0. The molecular formula is C16H17BrFN. The van der Waals surface area contributed by atoms with Gasteiger partial charge in [0.2, 0.25) is 0 Å². The maximum atomic E-state index is 13.8. The lowest BCUT2D eigenvalue weighted by Crippen LogP contribution is -2.23. The Bertz CT molecular complexity index is 542. The third-order valence-corrected chi connectivity index (χ3v) is 3.72. The van der Waals surface area contributed by atoms with Crippen LogP contribution in [0.25, 0.3) is 0 Å². The minimum atomic E-state index is -0.177. The fraction of sp³-hybridized carbons (Fsp3) is 0.250. The summed E-state index contributed by atoms with van der Waals surface area (Å²) in [6, 6.07) is 15.3. The summed E-state index contributed by atoms with van der Waals surface area (Å²) in [5, 5.41) is 3.42. The zero-order chi connectivity index (χ0) is 13.8. The number of hydrogen-bond donors (Lipinski definition) is 1. The Morgan fingerprint density at radius 3 is 2.37 bits per heavy atom. The van der Waals surface area contributed by atoms with Gasteiger partial charge in [0.25, 0.3) is 0 Å². The van der Waals surface area contributed by atoms with E-state index in [0.717, 1.165) is 4.47 Å². The molecule has 1 nitrogen and oxygen atoms in total. The van der Waals surface area contributed by atoms with Crippen molar-refractivity contribution in [3.05, 3.63) is 69.9 Å². The van der Waals surface area contributed by atoms with Gasteiger partial charge in [-0.1, -0.05) is 46.3 Å². The van der Waals surface area contributed by atoms with Crippen LogP contribution in [0, 0.1) is 5.82 Å². The number of halogens is 2. The fourth-order valence-corrected chi connectivity index (χ4v) is 2.53. The van der Waals surface area contributed by atoms with E-state index in [1.165, 1.54) is 11.6 Å². The van der Waals surface area contributed by atoms with Gasteiger partial charge in [0.1, 0.15) is 5.82 Å². The molecule has 0 amide bonds. The molecule has 0 saturated heterocycles. The van der Waals surface area contributed by atoms with E-state index in [1.807, 2.05) is 31.2 Å². The van der Waals surface area contributed by atoms with Crippen molar-refractivity contribution in [3.8, 4) is 0 Å². The van der Waals surface area contributed by atoms with Crippen molar-refractivity contribution in [2.24, 2.45) is 0 Å². The maximum Gasteiger partial charge on any atom is 0.128 e. The molecule has 0 fully saturated rings. The molecule has 3 heteroatoms. The van der Waals surface area contributed by atoms with Gasteiger partial charge in [-0.3, -0.25) is 0 Å². The van der Waals surface area contributed by atoms with E-state index in [2.05, 4.69) is 40.3 Å². The number of benzene rings is 2. The fourth-order valence-electron chi connectivity index (χ4n) is 2.15. The minimum absolute atomic E-state index is 0.0484. The number of hydrogen-bond acceptors (Lipinski definition) is 1. The first-order chi connectivity index (χ1) is 9.08. The molecule has 0 bridgehead atoms. The lowest BCUT2D eigenvalue weighted by molar-refractivity contribution is 0.474. The van der Waals surface area contributed by atoms with Gasteiger partial charge in [0, 0.05) is 22.1 Å². The molecule has 100 valence electrons. The highest BCUT2D eigenvalue weighted by atomic mass is 79.9. The Hall–Kier alpha value is -1.19. The van der Waals surface area contributed by atoms with Crippen LogP contribution in [0.2, 0.25) is 0 Å². The van der Waals surface area contributed by atoms with E-state index < -0.39 is 0 Å². The van der Waals surface area contributed by atoms with Crippen LogP contribution >= 0.6 is 15.9 Å². The SMILES string of the molecule is CC(N[C@@H](C)c1ccccc1)c1cc(Br)ccc1F. The van der Waals surface area contributed by atoms with Gasteiger partial charge in [-0.2, -0.15) is 0 Å². The van der Waals surface area contributed by atoms with Crippen LogP contribution in [-0.4, -0.2) is 0 Å². The van der Waals surface area contributed by atoms with Crippen molar-refractivity contribution in [1.29, 1.82) is 0 Å². The second-order valence-corrected chi connectivity index (χ2v) is 5.60. The number of nitrogens with one attached hydrogen (secondary N) is 1. The molecule has 0 saturated carbocycles. The largest absolute Gasteiger partial charge is 0.304 e. The van der Waals surface area contributed by atoms with E-state index in [9.17, 15) is 4.39 Å². The summed E-state index contributed by atoms with van der Waals surface area (Å²) in [5.74, 6) is -0.177. The van der Waals surface area contributed by atoms with E-state index in [4.69, 9.17) is 0 Å². The second kappa shape index (κ2) is 6.31.